The number of nitrogens with one attached hydrogen (secondary N) is 1. The molecule has 1 rings (SSSR count). The van der Waals surface area contributed by atoms with Crippen molar-refractivity contribution in [2.45, 2.75) is 19.9 Å². The van der Waals surface area contributed by atoms with Gasteiger partial charge in [0.2, 0.25) is 0 Å². The molecular formula is C11H15ClN2O3. The van der Waals surface area contributed by atoms with Crippen LogP contribution in [0, 0.1) is 0 Å². The summed E-state index contributed by atoms with van der Waals surface area (Å²) in [5.41, 5.74) is 0.0350. The van der Waals surface area contributed by atoms with E-state index >= 15 is 0 Å². The molecule has 1 heterocycles. The van der Waals surface area contributed by atoms with Crippen LogP contribution < -0.4 is 5.32 Å². The minimum atomic E-state index is -1.07. The van der Waals surface area contributed by atoms with Gasteiger partial charge < -0.3 is 15.2 Å². The van der Waals surface area contributed by atoms with Gasteiger partial charge in [0.1, 0.15) is 5.82 Å². The Bertz CT molecular complexity index is 398. The van der Waals surface area contributed by atoms with Crippen LogP contribution in [0.2, 0.25) is 5.02 Å². The monoisotopic (exact) mass is 258 g/mol. The van der Waals surface area contributed by atoms with Crippen molar-refractivity contribution in [3.63, 3.8) is 0 Å². The highest BCUT2D eigenvalue weighted by molar-refractivity contribution is 6.33. The van der Waals surface area contributed by atoms with Crippen LogP contribution in [0.5, 0.6) is 0 Å². The maximum atomic E-state index is 10.9. The summed E-state index contributed by atoms with van der Waals surface area (Å²) in [4.78, 5) is 14.9. The first-order valence-corrected chi connectivity index (χ1v) is 5.65. The number of aromatic carboxylic acids is 1. The number of nitrogens with zero attached hydrogens (tertiary/aromatic N) is 1. The minimum Gasteiger partial charge on any atom is -0.478 e. The molecule has 0 saturated carbocycles. The number of rotatable bonds is 6. The van der Waals surface area contributed by atoms with E-state index in [0.717, 1.165) is 0 Å². The molecule has 6 heteroatoms. The van der Waals surface area contributed by atoms with E-state index in [1.807, 2.05) is 13.8 Å². The van der Waals surface area contributed by atoms with Gasteiger partial charge in [-0.25, -0.2) is 9.78 Å². The summed E-state index contributed by atoms with van der Waals surface area (Å²) in [7, 11) is 0. The predicted octanol–water partition coefficient (Wildman–Crippen LogP) is 2.27. The van der Waals surface area contributed by atoms with Gasteiger partial charge in [0.05, 0.1) is 17.2 Å². The van der Waals surface area contributed by atoms with Gasteiger partial charge >= 0.3 is 5.97 Å². The van der Waals surface area contributed by atoms with Gasteiger partial charge in [0.25, 0.3) is 0 Å². The Morgan fingerprint density at radius 2 is 2.41 bits per heavy atom. The summed E-state index contributed by atoms with van der Waals surface area (Å²) in [6.45, 7) is 5.01. The van der Waals surface area contributed by atoms with Crippen molar-refractivity contribution >= 4 is 23.4 Å². The summed E-state index contributed by atoms with van der Waals surface area (Å²) < 4.78 is 5.24. The second-order valence-corrected chi connectivity index (χ2v) is 3.97. The quantitative estimate of drug-likeness (QED) is 0.819. The van der Waals surface area contributed by atoms with Crippen molar-refractivity contribution < 1.29 is 14.6 Å². The smallest absolute Gasteiger partial charge is 0.337 e. The van der Waals surface area contributed by atoms with E-state index < -0.39 is 5.97 Å². The van der Waals surface area contributed by atoms with E-state index in [1.54, 1.807) is 0 Å². The number of carboxylic acids is 1. The molecule has 0 fully saturated rings. The Kier molecular flexibility index (Phi) is 5.18. The normalized spacial score (nSPS) is 12.2. The lowest BCUT2D eigenvalue weighted by atomic mass is 10.2. The Morgan fingerprint density at radius 3 is 3.00 bits per heavy atom. The molecule has 0 aliphatic carbocycles. The van der Waals surface area contributed by atoms with Crippen LogP contribution in [0.3, 0.4) is 0 Å². The third kappa shape index (κ3) is 4.20. The molecule has 17 heavy (non-hydrogen) atoms. The molecule has 0 bridgehead atoms. The molecule has 0 spiro atoms. The highest BCUT2D eigenvalue weighted by Gasteiger charge is 2.11. The molecule has 1 atom stereocenters. The van der Waals surface area contributed by atoms with E-state index in [1.165, 1.54) is 12.3 Å². The topological polar surface area (TPSA) is 71.5 Å². The highest BCUT2D eigenvalue weighted by atomic mass is 35.5. The summed E-state index contributed by atoms with van der Waals surface area (Å²) in [6, 6.07) is 1.46. The number of hydrogen-bond donors (Lipinski definition) is 2. The van der Waals surface area contributed by atoms with Crippen LogP contribution >= 0.6 is 11.6 Å². The number of aromatic nitrogens is 1. The number of hydrogen-bond acceptors (Lipinski definition) is 4. The number of pyridine rings is 1. The van der Waals surface area contributed by atoms with Crippen molar-refractivity contribution in [3.8, 4) is 0 Å². The first-order chi connectivity index (χ1) is 8.04. The zero-order valence-corrected chi connectivity index (χ0v) is 10.5. The van der Waals surface area contributed by atoms with Crippen LogP contribution in [0.4, 0.5) is 5.82 Å². The van der Waals surface area contributed by atoms with E-state index in [4.69, 9.17) is 21.4 Å². The lowest BCUT2D eigenvalue weighted by molar-refractivity contribution is 0.0697. The van der Waals surface area contributed by atoms with Gasteiger partial charge in [-0.1, -0.05) is 11.6 Å². The number of halogens is 1. The Morgan fingerprint density at radius 1 is 1.71 bits per heavy atom. The fourth-order valence-corrected chi connectivity index (χ4v) is 1.45. The number of carbonyl (C=O) groups is 1. The van der Waals surface area contributed by atoms with Crippen molar-refractivity contribution in [1.82, 2.24) is 4.98 Å². The fraction of sp³-hybridized carbons (Fsp3) is 0.455. The van der Waals surface area contributed by atoms with E-state index in [9.17, 15) is 4.79 Å². The Hall–Kier alpha value is -1.33. The fourth-order valence-electron chi connectivity index (χ4n) is 1.27. The van der Waals surface area contributed by atoms with Crippen molar-refractivity contribution in [3.05, 3.63) is 22.8 Å². The largest absolute Gasteiger partial charge is 0.478 e. The molecule has 1 aromatic rings. The molecule has 0 aliphatic rings. The standard InChI is InChI=1S/C11H15ClN2O3/c1-3-17-6-7(2)14-10-4-8(11(15)16)9(12)5-13-10/h4-5,7H,3,6H2,1-2H3,(H,13,14)(H,15,16). The summed E-state index contributed by atoms with van der Waals surface area (Å²) in [5.74, 6) is -0.600. The van der Waals surface area contributed by atoms with Gasteiger partial charge in [-0.3, -0.25) is 0 Å². The van der Waals surface area contributed by atoms with Gasteiger partial charge in [-0.2, -0.15) is 0 Å². The first kappa shape index (κ1) is 13.7. The molecule has 1 unspecified atom stereocenters. The summed E-state index contributed by atoms with van der Waals surface area (Å²) in [5, 5.41) is 12.1. The average Bonchev–Trinajstić information content (AvgIpc) is 2.28. The lowest BCUT2D eigenvalue weighted by Gasteiger charge is -2.14. The molecule has 1 aromatic heterocycles. The van der Waals surface area contributed by atoms with Crippen LogP contribution in [0.25, 0.3) is 0 Å². The number of carboxylic acid groups (broad SMARTS) is 1. The van der Waals surface area contributed by atoms with Crippen molar-refractivity contribution in [2.75, 3.05) is 18.5 Å². The second-order valence-electron chi connectivity index (χ2n) is 3.56. The van der Waals surface area contributed by atoms with Gasteiger partial charge in [0, 0.05) is 18.8 Å². The average molecular weight is 259 g/mol. The third-order valence-electron chi connectivity index (χ3n) is 2.05. The van der Waals surface area contributed by atoms with Crippen LogP contribution in [-0.2, 0) is 4.74 Å². The van der Waals surface area contributed by atoms with E-state index in [-0.39, 0.29) is 16.6 Å². The van der Waals surface area contributed by atoms with Gasteiger partial charge in [-0.05, 0) is 19.9 Å². The summed E-state index contributed by atoms with van der Waals surface area (Å²) in [6.07, 6.45) is 1.32. The first-order valence-electron chi connectivity index (χ1n) is 5.27. The summed E-state index contributed by atoms with van der Waals surface area (Å²) >= 11 is 5.72. The Balaban J connectivity index is 2.72. The molecule has 2 N–H and O–H groups in total. The molecule has 0 aromatic carbocycles. The highest BCUT2D eigenvalue weighted by Crippen LogP contribution is 2.18. The molecule has 5 nitrogen and oxygen atoms in total. The molecular weight excluding hydrogens is 244 g/mol. The second kappa shape index (κ2) is 6.42. The maximum Gasteiger partial charge on any atom is 0.337 e. The maximum absolute atomic E-state index is 10.9. The minimum absolute atomic E-state index is 0.0350. The molecule has 0 aliphatic heterocycles. The molecule has 0 saturated heterocycles. The van der Waals surface area contributed by atoms with Crippen molar-refractivity contribution in [1.29, 1.82) is 0 Å². The van der Waals surface area contributed by atoms with E-state index in [2.05, 4.69) is 10.3 Å². The molecule has 94 valence electrons. The number of ether oxygens (including phenoxy) is 1. The predicted molar refractivity (Wildman–Crippen MR) is 65.8 cm³/mol. The zero-order valence-electron chi connectivity index (χ0n) is 9.74. The van der Waals surface area contributed by atoms with Crippen LogP contribution in [-0.4, -0.2) is 35.3 Å². The van der Waals surface area contributed by atoms with Gasteiger partial charge in [0.15, 0.2) is 0 Å². The third-order valence-corrected chi connectivity index (χ3v) is 2.35. The Labute approximate surface area is 105 Å². The van der Waals surface area contributed by atoms with Crippen LogP contribution in [0.1, 0.15) is 24.2 Å². The van der Waals surface area contributed by atoms with E-state index in [0.29, 0.717) is 19.0 Å². The molecule has 0 radical (unpaired) electrons. The number of anilines is 1. The lowest BCUT2D eigenvalue weighted by Crippen LogP contribution is -2.22. The zero-order chi connectivity index (χ0) is 12.8. The SMILES string of the molecule is CCOCC(C)Nc1cc(C(=O)O)c(Cl)cn1. The van der Waals surface area contributed by atoms with Gasteiger partial charge in [-0.15, -0.1) is 0 Å². The molecule has 0 amide bonds. The van der Waals surface area contributed by atoms with Crippen LogP contribution in [0.15, 0.2) is 12.3 Å². The van der Waals surface area contributed by atoms with Crippen molar-refractivity contribution in [2.24, 2.45) is 0 Å².